The molecule has 0 spiro atoms. The van der Waals surface area contributed by atoms with Crippen LogP contribution in [0.5, 0.6) is 0 Å². The molecule has 27 heavy (non-hydrogen) atoms. The molecule has 2 aromatic carbocycles. The molecule has 0 radical (unpaired) electrons. The normalized spacial score (nSPS) is 9.96. The number of aromatic nitrogens is 1. The third-order valence-electron chi connectivity index (χ3n) is 3.57. The molecule has 0 saturated heterocycles. The maximum atomic E-state index is 13.6. The molecule has 0 aliphatic rings. The minimum absolute atomic E-state index is 0.117. The highest BCUT2D eigenvalue weighted by Crippen LogP contribution is 2.22. The molecular weight excluding hydrogens is 359 g/mol. The average Bonchev–Trinajstić information content (AvgIpc) is 2.69. The highest BCUT2D eigenvalue weighted by molar-refractivity contribution is 7.99. The molecule has 0 aliphatic heterocycles. The molecule has 0 saturated carbocycles. The van der Waals surface area contributed by atoms with E-state index >= 15 is 0 Å². The van der Waals surface area contributed by atoms with Gasteiger partial charge in [-0.3, -0.25) is 4.79 Å². The second-order valence-electron chi connectivity index (χ2n) is 5.62. The summed E-state index contributed by atoms with van der Waals surface area (Å²) in [7, 11) is 0. The standard InChI is InChI=1S/C22H17FN2OS/c23-20-9-1-2-10-21(20)27-15-13-22(26)25-19-8-5-6-17(16-19)11-12-18-7-3-4-14-24-18/h1-10,14,16H,13,15H2,(H,25,26). The number of carbonyl (C=O) groups excluding carboxylic acids is 1. The van der Waals surface area contributed by atoms with Gasteiger partial charge in [0.15, 0.2) is 0 Å². The zero-order chi connectivity index (χ0) is 18.9. The predicted octanol–water partition coefficient (Wildman–Crippen LogP) is 4.74. The van der Waals surface area contributed by atoms with Crippen molar-refractivity contribution < 1.29 is 9.18 Å². The first-order valence-electron chi connectivity index (χ1n) is 8.41. The lowest BCUT2D eigenvalue weighted by Gasteiger charge is -2.06. The smallest absolute Gasteiger partial charge is 0.225 e. The van der Waals surface area contributed by atoms with E-state index in [1.807, 2.05) is 42.5 Å². The molecule has 134 valence electrons. The molecule has 0 aliphatic carbocycles. The molecule has 1 heterocycles. The third-order valence-corrected chi connectivity index (χ3v) is 4.62. The van der Waals surface area contributed by atoms with Gasteiger partial charge in [0, 0.05) is 34.5 Å². The number of nitrogens with zero attached hydrogens (tertiary/aromatic N) is 1. The van der Waals surface area contributed by atoms with Crippen molar-refractivity contribution in [1.82, 2.24) is 4.98 Å². The summed E-state index contributed by atoms with van der Waals surface area (Å²) < 4.78 is 13.6. The number of hydrogen-bond acceptors (Lipinski definition) is 3. The van der Waals surface area contributed by atoms with Crippen LogP contribution < -0.4 is 5.32 Å². The maximum Gasteiger partial charge on any atom is 0.225 e. The van der Waals surface area contributed by atoms with Crippen molar-refractivity contribution in [2.24, 2.45) is 0 Å². The van der Waals surface area contributed by atoms with Gasteiger partial charge in [0.2, 0.25) is 5.91 Å². The summed E-state index contributed by atoms with van der Waals surface area (Å²) in [6, 6.07) is 19.5. The van der Waals surface area contributed by atoms with E-state index in [-0.39, 0.29) is 11.7 Å². The minimum atomic E-state index is -0.262. The van der Waals surface area contributed by atoms with Crippen LogP contribution in [0.4, 0.5) is 10.1 Å². The van der Waals surface area contributed by atoms with E-state index < -0.39 is 0 Å². The lowest BCUT2D eigenvalue weighted by atomic mass is 10.2. The summed E-state index contributed by atoms with van der Waals surface area (Å²) in [5.41, 5.74) is 2.17. The number of carbonyl (C=O) groups is 1. The number of thioether (sulfide) groups is 1. The van der Waals surface area contributed by atoms with Crippen LogP contribution >= 0.6 is 11.8 Å². The molecule has 3 rings (SSSR count). The number of rotatable bonds is 5. The van der Waals surface area contributed by atoms with Crippen molar-refractivity contribution in [1.29, 1.82) is 0 Å². The Morgan fingerprint density at radius 1 is 1.04 bits per heavy atom. The van der Waals surface area contributed by atoms with E-state index in [1.54, 1.807) is 24.4 Å². The third kappa shape index (κ3) is 5.98. The molecule has 3 nitrogen and oxygen atoms in total. The summed E-state index contributed by atoms with van der Waals surface area (Å²) in [6.45, 7) is 0. The number of hydrogen-bond donors (Lipinski definition) is 1. The summed E-state index contributed by atoms with van der Waals surface area (Å²) in [4.78, 5) is 16.8. The van der Waals surface area contributed by atoms with Crippen LogP contribution in [0.15, 0.2) is 77.8 Å². The first-order chi connectivity index (χ1) is 13.2. The van der Waals surface area contributed by atoms with E-state index in [0.717, 1.165) is 5.56 Å². The summed E-state index contributed by atoms with van der Waals surface area (Å²) in [5.74, 6) is 6.15. The van der Waals surface area contributed by atoms with Crippen LogP contribution in [-0.4, -0.2) is 16.6 Å². The molecule has 5 heteroatoms. The van der Waals surface area contributed by atoms with Crippen molar-refractivity contribution in [3.63, 3.8) is 0 Å². The maximum absolute atomic E-state index is 13.6. The zero-order valence-corrected chi connectivity index (χ0v) is 15.3. The van der Waals surface area contributed by atoms with E-state index in [0.29, 0.717) is 28.5 Å². The van der Waals surface area contributed by atoms with Crippen LogP contribution in [0.3, 0.4) is 0 Å². The fourth-order valence-corrected chi connectivity index (χ4v) is 3.17. The second-order valence-corrected chi connectivity index (χ2v) is 6.76. The van der Waals surface area contributed by atoms with Gasteiger partial charge in [-0.2, -0.15) is 0 Å². The molecule has 3 aromatic rings. The van der Waals surface area contributed by atoms with Crippen molar-refractivity contribution in [3.8, 4) is 11.8 Å². The van der Waals surface area contributed by atoms with E-state index in [1.165, 1.54) is 17.8 Å². The van der Waals surface area contributed by atoms with Crippen LogP contribution in [-0.2, 0) is 4.79 Å². The van der Waals surface area contributed by atoms with Gasteiger partial charge in [-0.25, -0.2) is 9.37 Å². The Labute approximate surface area is 162 Å². The van der Waals surface area contributed by atoms with Crippen LogP contribution in [0.25, 0.3) is 0 Å². The second kappa shape index (κ2) is 9.56. The first-order valence-corrected chi connectivity index (χ1v) is 9.39. The van der Waals surface area contributed by atoms with Gasteiger partial charge >= 0.3 is 0 Å². The average molecular weight is 376 g/mol. The summed E-state index contributed by atoms with van der Waals surface area (Å²) in [6.07, 6.45) is 1.99. The largest absolute Gasteiger partial charge is 0.326 e. The molecule has 0 bridgehead atoms. The molecule has 0 atom stereocenters. The zero-order valence-electron chi connectivity index (χ0n) is 14.5. The Morgan fingerprint density at radius 2 is 1.89 bits per heavy atom. The fourth-order valence-electron chi connectivity index (χ4n) is 2.29. The highest BCUT2D eigenvalue weighted by Gasteiger charge is 2.05. The molecule has 0 unspecified atom stereocenters. The van der Waals surface area contributed by atoms with E-state index in [4.69, 9.17) is 0 Å². The number of nitrogens with one attached hydrogen (secondary N) is 1. The molecular formula is C22H17FN2OS. The van der Waals surface area contributed by atoms with Crippen molar-refractivity contribution in [2.75, 3.05) is 11.1 Å². The van der Waals surface area contributed by atoms with Crippen LogP contribution in [0.2, 0.25) is 0 Å². The van der Waals surface area contributed by atoms with Crippen molar-refractivity contribution in [2.45, 2.75) is 11.3 Å². The van der Waals surface area contributed by atoms with Gasteiger partial charge < -0.3 is 5.32 Å². The van der Waals surface area contributed by atoms with E-state index in [2.05, 4.69) is 22.1 Å². The van der Waals surface area contributed by atoms with Gasteiger partial charge in [0.05, 0.1) is 0 Å². The number of pyridine rings is 1. The Kier molecular flexibility index (Phi) is 6.61. The Balaban J connectivity index is 1.54. The molecule has 1 aromatic heterocycles. The first kappa shape index (κ1) is 18.7. The SMILES string of the molecule is O=C(CCSc1ccccc1F)Nc1cccc(C#Cc2ccccn2)c1. The minimum Gasteiger partial charge on any atom is -0.326 e. The Bertz CT molecular complexity index is 980. The molecule has 1 amide bonds. The predicted molar refractivity (Wildman–Crippen MR) is 107 cm³/mol. The topological polar surface area (TPSA) is 42.0 Å². The van der Waals surface area contributed by atoms with Crippen molar-refractivity contribution in [3.05, 3.63) is 90.0 Å². The lowest BCUT2D eigenvalue weighted by molar-refractivity contribution is -0.115. The van der Waals surface area contributed by atoms with Gasteiger partial charge in [-0.1, -0.05) is 30.2 Å². The van der Waals surface area contributed by atoms with Crippen LogP contribution in [0, 0.1) is 17.7 Å². The lowest BCUT2D eigenvalue weighted by Crippen LogP contribution is -2.12. The van der Waals surface area contributed by atoms with Gasteiger partial charge in [-0.05, 0) is 48.4 Å². The number of benzene rings is 2. The monoisotopic (exact) mass is 376 g/mol. The van der Waals surface area contributed by atoms with E-state index in [9.17, 15) is 9.18 Å². The quantitative estimate of drug-likeness (QED) is 0.516. The van der Waals surface area contributed by atoms with Crippen LogP contribution in [0.1, 0.15) is 17.7 Å². The highest BCUT2D eigenvalue weighted by atomic mass is 32.2. The number of anilines is 1. The fraction of sp³-hybridized carbons (Fsp3) is 0.0909. The molecule has 1 N–H and O–H groups in total. The number of halogens is 1. The van der Waals surface area contributed by atoms with Gasteiger partial charge in [0.25, 0.3) is 0 Å². The van der Waals surface area contributed by atoms with Gasteiger partial charge in [0.1, 0.15) is 11.5 Å². The Morgan fingerprint density at radius 3 is 2.70 bits per heavy atom. The molecule has 0 fully saturated rings. The van der Waals surface area contributed by atoms with Crippen molar-refractivity contribution >= 4 is 23.4 Å². The summed E-state index contributed by atoms with van der Waals surface area (Å²) >= 11 is 1.33. The summed E-state index contributed by atoms with van der Waals surface area (Å²) in [5, 5.41) is 2.85. The van der Waals surface area contributed by atoms with Gasteiger partial charge in [-0.15, -0.1) is 11.8 Å². The number of amides is 1. The Hall–Kier alpha value is -3.10.